The fraction of sp³-hybridized carbons (Fsp3) is 0.333. The van der Waals surface area contributed by atoms with Crippen molar-refractivity contribution in [2.75, 3.05) is 6.54 Å². The number of benzene rings is 1. The van der Waals surface area contributed by atoms with E-state index in [1.165, 1.54) is 0 Å². The number of amides is 1. The highest BCUT2D eigenvalue weighted by Crippen LogP contribution is 2.18. The van der Waals surface area contributed by atoms with Crippen LogP contribution in [0.2, 0.25) is 0 Å². The van der Waals surface area contributed by atoms with Gasteiger partial charge in [0.2, 0.25) is 0 Å². The van der Waals surface area contributed by atoms with E-state index in [4.69, 9.17) is 0 Å². The lowest BCUT2D eigenvalue weighted by molar-refractivity contribution is 0.0946. The van der Waals surface area contributed by atoms with Crippen molar-refractivity contribution in [2.45, 2.75) is 33.1 Å². The van der Waals surface area contributed by atoms with Crippen molar-refractivity contribution >= 4 is 5.91 Å². The minimum Gasteiger partial charge on any atom is -0.351 e. The molecule has 0 unspecified atom stereocenters. The number of rotatable bonds is 6. The second kappa shape index (κ2) is 7.46. The van der Waals surface area contributed by atoms with Crippen molar-refractivity contribution in [2.24, 2.45) is 0 Å². The van der Waals surface area contributed by atoms with Gasteiger partial charge in [0.25, 0.3) is 5.91 Å². The zero-order chi connectivity index (χ0) is 15.9. The minimum absolute atomic E-state index is 0.195. The second-order valence-corrected chi connectivity index (χ2v) is 5.36. The number of nitrogens with one attached hydrogen (secondary N) is 1. The molecule has 0 aliphatic heterocycles. The van der Waals surface area contributed by atoms with Gasteiger partial charge in [0.1, 0.15) is 11.8 Å². The molecule has 0 aliphatic rings. The van der Waals surface area contributed by atoms with Crippen molar-refractivity contribution in [1.82, 2.24) is 9.88 Å². The molecule has 0 bridgehead atoms. The van der Waals surface area contributed by atoms with Gasteiger partial charge >= 0.3 is 0 Å². The summed E-state index contributed by atoms with van der Waals surface area (Å²) < 4.78 is 1.78. The maximum Gasteiger partial charge on any atom is 0.269 e. The number of hydrogen-bond acceptors (Lipinski definition) is 2. The van der Waals surface area contributed by atoms with Crippen LogP contribution < -0.4 is 5.32 Å². The molecule has 0 saturated carbocycles. The molecule has 0 saturated heterocycles. The van der Waals surface area contributed by atoms with Gasteiger partial charge in [0.05, 0.1) is 5.56 Å². The fourth-order valence-corrected chi connectivity index (χ4v) is 2.41. The van der Waals surface area contributed by atoms with Crippen molar-refractivity contribution in [3.63, 3.8) is 0 Å². The summed E-state index contributed by atoms with van der Waals surface area (Å²) in [5.74, 6) is -0.195. The van der Waals surface area contributed by atoms with Crippen LogP contribution in [0.15, 0.2) is 36.5 Å². The molecule has 4 heteroatoms. The van der Waals surface area contributed by atoms with Crippen molar-refractivity contribution < 1.29 is 4.79 Å². The quantitative estimate of drug-likeness (QED) is 0.828. The average molecular weight is 295 g/mol. The minimum atomic E-state index is -0.195. The van der Waals surface area contributed by atoms with Crippen LogP contribution in [0, 0.1) is 18.3 Å². The molecule has 1 amide bonds. The molecule has 0 spiro atoms. The number of nitrogens with zero attached hydrogens (tertiary/aromatic N) is 2. The van der Waals surface area contributed by atoms with Gasteiger partial charge in [-0.25, -0.2) is 0 Å². The van der Waals surface area contributed by atoms with E-state index in [-0.39, 0.29) is 5.91 Å². The molecule has 2 rings (SSSR count). The number of aryl methyl sites for hydroxylation is 1. The largest absolute Gasteiger partial charge is 0.351 e. The second-order valence-electron chi connectivity index (χ2n) is 5.36. The van der Waals surface area contributed by atoms with E-state index in [1.54, 1.807) is 16.8 Å². The standard InChI is InChI=1S/C18H21N3O/c1-3-4-5-10-20-18(22)17-15(13-19)9-11-21(17)16-8-6-7-14(2)12-16/h6-9,11-12H,3-5,10H2,1-2H3,(H,20,22). The SMILES string of the molecule is CCCCCNC(=O)c1c(C#N)ccn1-c1cccc(C)c1. The summed E-state index contributed by atoms with van der Waals surface area (Å²) in [6, 6.07) is 11.7. The zero-order valence-corrected chi connectivity index (χ0v) is 13.1. The number of unbranched alkanes of at least 4 members (excludes halogenated alkanes) is 2. The summed E-state index contributed by atoms with van der Waals surface area (Å²) in [5.41, 5.74) is 2.80. The van der Waals surface area contributed by atoms with Crippen LogP contribution in [0.3, 0.4) is 0 Å². The molecular weight excluding hydrogens is 274 g/mol. The Labute approximate surface area is 131 Å². The molecule has 1 aromatic heterocycles. The molecule has 22 heavy (non-hydrogen) atoms. The van der Waals surface area contributed by atoms with E-state index in [2.05, 4.69) is 18.3 Å². The summed E-state index contributed by atoms with van der Waals surface area (Å²) in [5, 5.41) is 12.2. The third-order valence-electron chi connectivity index (χ3n) is 3.57. The third kappa shape index (κ3) is 3.56. The lowest BCUT2D eigenvalue weighted by atomic mass is 10.2. The number of carbonyl (C=O) groups is 1. The molecule has 0 aliphatic carbocycles. The van der Waals surface area contributed by atoms with Gasteiger partial charge in [-0.15, -0.1) is 0 Å². The number of hydrogen-bond donors (Lipinski definition) is 1. The van der Waals surface area contributed by atoms with E-state index < -0.39 is 0 Å². The molecule has 0 radical (unpaired) electrons. The first-order chi connectivity index (χ1) is 10.7. The highest BCUT2D eigenvalue weighted by Gasteiger charge is 2.17. The van der Waals surface area contributed by atoms with Gasteiger partial charge in [0, 0.05) is 18.4 Å². The first-order valence-electron chi connectivity index (χ1n) is 7.64. The third-order valence-corrected chi connectivity index (χ3v) is 3.57. The Morgan fingerprint density at radius 1 is 1.32 bits per heavy atom. The van der Waals surface area contributed by atoms with Crippen LogP contribution in [-0.2, 0) is 0 Å². The zero-order valence-electron chi connectivity index (χ0n) is 13.1. The van der Waals surface area contributed by atoms with Crippen LogP contribution in [0.4, 0.5) is 0 Å². The predicted molar refractivity (Wildman–Crippen MR) is 87.1 cm³/mol. The normalized spacial score (nSPS) is 10.2. The van der Waals surface area contributed by atoms with Crippen LogP contribution in [0.5, 0.6) is 0 Å². The number of carbonyl (C=O) groups excluding carboxylic acids is 1. The van der Waals surface area contributed by atoms with Crippen LogP contribution in [0.1, 0.15) is 47.8 Å². The van der Waals surface area contributed by atoms with Crippen molar-refractivity contribution in [3.05, 3.63) is 53.3 Å². The van der Waals surface area contributed by atoms with Crippen LogP contribution in [0.25, 0.3) is 5.69 Å². The summed E-state index contributed by atoms with van der Waals surface area (Å²) in [6.45, 7) is 4.76. The Bertz CT molecular complexity index is 695. The lowest BCUT2D eigenvalue weighted by Gasteiger charge is -2.11. The average Bonchev–Trinajstić information content (AvgIpc) is 2.95. The molecule has 1 heterocycles. The Hall–Kier alpha value is -2.54. The summed E-state index contributed by atoms with van der Waals surface area (Å²) in [6.07, 6.45) is 4.92. The predicted octanol–water partition coefficient (Wildman–Crippen LogP) is 3.58. The molecule has 114 valence electrons. The molecule has 0 fully saturated rings. The Balaban J connectivity index is 2.28. The van der Waals surface area contributed by atoms with Crippen molar-refractivity contribution in [1.29, 1.82) is 5.26 Å². The van der Waals surface area contributed by atoms with E-state index in [1.807, 2.05) is 31.2 Å². The Morgan fingerprint density at radius 3 is 2.82 bits per heavy atom. The van der Waals surface area contributed by atoms with E-state index >= 15 is 0 Å². The Kier molecular flexibility index (Phi) is 5.37. The first kappa shape index (κ1) is 15.8. The molecule has 0 atom stereocenters. The van der Waals surface area contributed by atoms with E-state index in [0.717, 1.165) is 30.5 Å². The molecule has 2 aromatic rings. The van der Waals surface area contributed by atoms with Crippen LogP contribution in [-0.4, -0.2) is 17.0 Å². The number of aromatic nitrogens is 1. The summed E-state index contributed by atoms with van der Waals surface area (Å²) in [4.78, 5) is 12.4. The van der Waals surface area contributed by atoms with Gasteiger partial charge in [-0.2, -0.15) is 5.26 Å². The highest BCUT2D eigenvalue weighted by atomic mass is 16.1. The Morgan fingerprint density at radius 2 is 2.14 bits per heavy atom. The maximum absolute atomic E-state index is 12.4. The van der Waals surface area contributed by atoms with Crippen molar-refractivity contribution in [3.8, 4) is 11.8 Å². The molecule has 1 N–H and O–H groups in total. The summed E-state index contributed by atoms with van der Waals surface area (Å²) in [7, 11) is 0. The van der Waals surface area contributed by atoms with Gasteiger partial charge in [-0.1, -0.05) is 31.9 Å². The molecular formula is C18H21N3O. The summed E-state index contributed by atoms with van der Waals surface area (Å²) >= 11 is 0. The topological polar surface area (TPSA) is 57.8 Å². The molecule has 4 nitrogen and oxygen atoms in total. The van der Waals surface area contributed by atoms with Gasteiger partial charge in [-0.05, 0) is 37.1 Å². The fourth-order valence-electron chi connectivity index (χ4n) is 2.41. The van der Waals surface area contributed by atoms with E-state index in [9.17, 15) is 10.1 Å². The monoisotopic (exact) mass is 295 g/mol. The molecule has 1 aromatic carbocycles. The maximum atomic E-state index is 12.4. The highest BCUT2D eigenvalue weighted by molar-refractivity contribution is 5.95. The van der Waals surface area contributed by atoms with Gasteiger partial charge < -0.3 is 9.88 Å². The first-order valence-corrected chi connectivity index (χ1v) is 7.64. The van der Waals surface area contributed by atoms with Gasteiger partial charge in [-0.3, -0.25) is 4.79 Å². The van der Waals surface area contributed by atoms with Crippen LogP contribution >= 0.6 is 0 Å². The number of nitriles is 1. The van der Waals surface area contributed by atoms with Gasteiger partial charge in [0.15, 0.2) is 0 Å². The lowest BCUT2D eigenvalue weighted by Crippen LogP contribution is -2.27. The van der Waals surface area contributed by atoms with E-state index in [0.29, 0.717) is 17.8 Å². The smallest absolute Gasteiger partial charge is 0.269 e.